The average molecular weight is 626 g/mol. The molecular weight excluding hydrogens is 600 g/mol. The highest BCUT2D eigenvalue weighted by atomic mass is 79.9. The van der Waals surface area contributed by atoms with E-state index in [1.54, 1.807) is 0 Å². The van der Waals surface area contributed by atoms with Crippen LogP contribution in [0.25, 0.3) is 0 Å². The summed E-state index contributed by atoms with van der Waals surface area (Å²) in [6, 6.07) is 20.7. The van der Waals surface area contributed by atoms with Crippen molar-refractivity contribution in [2.45, 2.75) is 43.8 Å². The van der Waals surface area contributed by atoms with Crippen molar-refractivity contribution in [2.24, 2.45) is 0 Å². The number of aliphatic hydroxyl groups is 2. The van der Waals surface area contributed by atoms with Crippen molar-refractivity contribution in [3.05, 3.63) is 109 Å². The second-order valence-electron chi connectivity index (χ2n) is 9.12. The first-order valence-corrected chi connectivity index (χ1v) is 13.5. The molecule has 0 aliphatic heterocycles. The number of aromatic nitrogens is 4. The Morgan fingerprint density at radius 1 is 0.676 bits per heavy atom. The van der Waals surface area contributed by atoms with Crippen LogP contribution in [-0.2, 0) is 13.2 Å². The van der Waals surface area contributed by atoms with Gasteiger partial charge in [-0.2, -0.15) is 9.97 Å². The van der Waals surface area contributed by atoms with E-state index in [-0.39, 0.29) is 42.9 Å². The van der Waals surface area contributed by atoms with Gasteiger partial charge in [0.05, 0.1) is 37.4 Å². The van der Waals surface area contributed by atoms with E-state index in [9.17, 15) is 10.2 Å². The van der Waals surface area contributed by atoms with Crippen molar-refractivity contribution in [3.8, 4) is 6.01 Å². The minimum Gasteiger partial charge on any atom is -0.467 e. The van der Waals surface area contributed by atoms with Crippen LogP contribution in [0.15, 0.2) is 69.6 Å². The number of aliphatic hydroxyl groups excluding tert-OH is 2. The Bertz CT molecular complexity index is 1320. The van der Waals surface area contributed by atoms with Gasteiger partial charge in [0.1, 0.15) is 5.82 Å². The van der Waals surface area contributed by atoms with E-state index < -0.39 is 0 Å². The zero-order chi connectivity index (χ0) is 26.1. The predicted molar refractivity (Wildman–Crippen MR) is 146 cm³/mol. The van der Waals surface area contributed by atoms with Gasteiger partial charge in [-0.25, -0.2) is 9.97 Å². The lowest BCUT2D eigenvalue weighted by Gasteiger charge is -2.52. The Kier molecular flexibility index (Phi) is 7.67. The molecule has 2 aromatic heterocycles. The number of halogens is 2. The SMILES string of the molecule is COc1nc(CO)cc([C@H]2[C@H](c3ccc(Br)cc3)[C@@H](c3cc(CO)nc(C)n3)[C@H]2c2ccc(Br)cc2)n1. The van der Waals surface area contributed by atoms with Crippen LogP contribution in [0.5, 0.6) is 6.01 Å². The Morgan fingerprint density at radius 3 is 1.59 bits per heavy atom. The van der Waals surface area contributed by atoms with E-state index in [2.05, 4.69) is 66.1 Å². The van der Waals surface area contributed by atoms with Gasteiger partial charge in [0.25, 0.3) is 0 Å². The quantitative estimate of drug-likeness (QED) is 0.278. The molecule has 7 nitrogen and oxygen atoms in total. The molecule has 1 saturated carbocycles. The first-order chi connectivity index (χ1) is 17.9. The van der Waals surface area contributed by atoms with Gasteiger partial charge in [-0.3, -0.25) is 0 Å². The Labute approximate surface area is 232 Å². The first kappa shape index (κ1) is 25.9. The van der Waals surface area contributed by atoms with Crippen LogP contribution in [0.4, 0.5) is 0 Å². The van der Waals surface area contributed by atoms with E-state index in [0.29, 0.717) is 17.2 Å². The largest absolute Gasteiger partial charge is 0.467 e. The van der Waals surface area contributed by atoms with Gasteiger partial charge in [0, 0.05) is 38.3 Å². The standard InChI is InChI=1S/C28H26Br2N4O3/c1-15-31-20(13-35)11-22(32-15)26-24(16-3-7-18(29)8-4-16)27(25(26)17-5-9-19(30)10-6-17)23-12-21(14-36)33-28(34-23)37-2/h3-12,24-27,35-36H,13-14H2,1-2H3/t24-,25-,26-,27+/m1/s1. The monoisotopic (exact) mass is 624 g/mol. The summed E-state index contributed by atoms with van der Waals surface area (Å²) >= 11 is 7.12. The summed E-state index contributed by atoms with van der Waals surface area (Å²) < 4.78 is 7.39. The van der Waals surface area contributed by atoms with Gasteiger partial charge in [-0.05, 0) is 54.4 Å². The molecular formula is C28H26Br2N4O3. The van der Waals surface area contributed by atoms with Crippen molar-refractivity contribution >= 4 is 31.9 Å². The fourth-order valence-corrected chi connectivity index (χ4v) is 5.96. The molecule has 0 amide bonds. The second kappa shape index (κ2) is 10.9. The summed E-state index contributed by atoms with van der Waals surface area (Å²) in [5.41, 5.74) is 5.10. The lowest BCUT2D eigenvalue weighted by Crippen LogP contribution is -2.41. The summed E-state index contributed by atoms with van der Waals surface area (Å²) in [4.78, 5) is 18.3. The van der Waals surface area contributed by atoms with Gasteiger partial charge in [-0.15, -0.1) is 0 Å². The molecule has 5 rings (SSSR count). The number of nitrogens with zero attached hydrogens (tertiary/aromatic N) is 4. The third-order valence-corrected chi connectivity index (χ3v) is 7.99. The predicted octanol–water partition coefficient (Wildman–Crippen LogP) is 5.54. The van der Waals surface area contributed by atoms with Gasteiger partial charge in [0.15, 0.2) is 0 Å². The molecule has 0 radical (unpaired) electrons. The summed E-state index contributed by atoms with van der Waals surface area (Å²) in [6.07, 6.45) is 0. The molecule has 2 atom stereocenters. The van der Waals surface area contributed by atoms with Crippen LogP contribution < -0.4 is 4.74 Å². The molecule has 0 saturated heterocycles. The summed E-state index contributed by atoms with van der Waals surface area (Å²) in [6.45, 7) is 1.49. The maximum absolute atomic E-state index is 9.90. The zero-order valence-corrected chi connectivity index (χ0v) is 23.5. The van der Waals surface area contributed by atoms with Crippen LogP contribution in [0.2, 0.25) is 0 Å². The number of hydrogen-bond donors (Lipinski definition) is 2. The first-order valence-electron chi connectivity index (χ1n) is 11.9. The summed E-state index contributed by atoms with van der Waals surface area (Å²) in [7, 11) is 1.53. The van der Waals surface area contributed by atoms with Gasteiger partial charge in [0.2, 0.25) is 0 Å². The molecule has 0 bridgehead atoms. The lowest BCUT2D eigenvalue weighted by atomic mass is 9.50. The number of ether oxygens (including phenoxy) is 1. The number of benzene rings is 2. The highest BCUT2D eigenvalue weighted by molar-refractivity contribution is 9.10. The maximum Gasteiger partial charge on any atom is 0.316 e. The third-order valence-electron chi connectivity index (χ3n) is 6.94. The van der Waals surface area contributed by atoms with Crippen LogP contribution in [0.3, 0.4) is 0 Å². The molecule has 2 heterocycles. The molecule has 1 aliphatic rings. The van der Waals surface area contributed by atoms with Crippen LogP contribution in [0.1, 0.15) is 63.4 Å². The van der Waals surface area contributed by atoms with Crippen LogP contribution in [0, 0.1) is 6.92 Å². The molecule has 0 unspecified atom stereocenters. The maximum atomic E-state index is 9.90. The van der Waals surface area contributed by atoms with Gasteiger partial charge < -0.3 is 14.9 Å². The molecule has 190 valence electrons. The summed E-state index contributed by atoms with van der Waals surface area (Å²) in [5.74, 6) is 0.628. The van der Waals surface area contributed by atoms with Crippen molar-refractivity contribution in [1.29, 1.82) is 0 Å². The van der Waals surface area contributed by atoms with E-state index >= 15 is 0 Å². The molecule has 1 fully saturated rings. The van der Waals surface area contributed by atoms with Crippen molar-refractivity contribution in [2.75, 3.05) is 7.11 Å². The van der Waals surface area contributed by atoms with E-state index in [4.69, 9.17) is 14.7 Å². The molecule has 37 heavy (non-hydrogen) atoms. The fraction of sp³-hybridized carbons (Fsp3) is 0.286. The number of hydrogen-bond acceptors (Lipinski definition) is 7. The van der Waals surface area contributed by atoms with Crippen LogP contribution >= 0.6 is 31.9 Å². The zero-order valence-electron chi connectivity index (χ0n) is 20.3. The number of aryl methyl sites for hydroxylation is 1. The summed E-state index contributed by atoms with van der Waals surface area (Å²) in [5, 5.41) is 19.8. The topological polar surface area (TPSA) is 101 Å². The smallest absolute Gasteiger partial charge is 0.316 e. The van der Waals surface area contributed by atoms with E-state index in [0.717, 1.165) is 31.5 Å². The van der Waals surface area contributed by atoms with Crippen molar-refractivity contribution in [3.63, 3.8) is 0 Å². The molecule has 4 aromatic rings. The number of rotatable bonds is 7. The molecule has 2 aromatic carbocycles. The van der Waals surface area contributed by atoms with Crippen molar-refractivity contribution in [1.82, 2.24) is 19.9 Å². The lowest BCUT2D eigenvalue weighted by molar-refractivity contribution is 0.215. The second-order valence-corrected chi connectivity index (χ2v) is 11.0. The molecule has 0 spiro atoms. The minimum atomic E-state index is -0.209. The Balaban J connectivity index is 1.73. The fourth-order valence-electron chi connectivity index (χ4n) is 5.43. The Hall–Kier alpha value is -2.72. The average Bonchev–Trinajstić information content (AvgIpc) is 2.89. The van der Waals surface area contributed by atoms with E-state index in [1.807, 2.05) is 43.3 Å². The number of methoxy groups -OCH3 is 1. The normalized spacial score (nSPS) is 20.9. The third kappa shape index (κ3) is 5.18. The van der Waals surface area contributed by atoms with E-state index in [1.165, 1.54) is 7.11 Å². The van der Waals surface area contributed by atoms with Crippen LogP contribution in [-0.4, -0.2) is 37.3 Å². The van der Waals surface area contributed by atoms with Crippen molar-refractivity contribution < 1.29 is 14.9 Å². The van der Waals surface area contributed by atoms with Gasteiger partial charge >= 0.3 is 6.01 Å². The minimum absolute atomic E-state index is 0.00196. The van der Waals surface area contributed by atoms with Gasteiger partial charge in [-0.1, -0.05) is 56.1 Å². The Morgan fingerprint density at radius 2 is 1.14 bits per heavy atom. The molecule has 9 heteroatoms. The molecule has 1 aliphatic carbocycles. The highest BCUT2D eigenvalue weighted by Gasteiger charge is 2.54. The highest BCUT2D eigenvalue weighted by Crippen LogP contribution is 2.66. The molecule has 2 N–H and O–H groups in total.